The van der Waals surface area contributed by atoms with E-state index in [0.717, 1.165) is 12.8 Å². The predicted molar refractivity (Wildman–Crippen MR) is 66.5 cm³/mol. The summed E-state index contributed by atoms with van der Waals surface area (Å²) in [5.41, 5.74) is 1.27. The van der Waals surface area contributed by atoms with E-state index in [1.165, 1.54) is 11.0 Å². The van der Waals surface area contributed by atoms with E-state index in [2.05, 4.69) is 6.92 Å². The van der Waals surface area contributed by atoms with Crippen molar-refractivity contribution in [2.75, 3.05) is 4.90 Å². The molecule has 0 unspecified atom stereocenters. The van der Waals surface area contributed by atoms with Crippen LogP contribution in [0.3, 0.4) is 0 Å². The minimum atomic E-state index is -0.229. The summed E-state index contributed by atoms with van der Waals surface area (Å²) in [6.07, 6.45) is 4.10. The van der Waals surface area contributed by atoms with Crippen molar-refractivity contribution in [3.63, 3.8) is 0 Å². The molecule has 0 atom stereocenters. The molecular formula is C14H15NO2. The molecule has 2 amide bonds. The van der Waals surface area contributed by atoms with Crippen molar-refractivity contribution >= 4 is 17.5 Å². The van der Waals surface area contributed by atoms with E-state index in [-0.39, 0.29) is 11.8 Å². The first-order chi connectivity index (χ1) is 8.24. The van der Waals surface area contributed by atoms with Gasteiger partial charge in [-0.1, -0.05) is 31.5 Å². The van der Waals surface area contributed by atoms with Crippen LogP contribution in [0.15, 0.2) is 42.0 Å². The average Bonchev–Trinajstić information content (AvgIpc) is 2.63. The number of hydrogen-bond donors (Lipinski definition) is 0. The molecule has 3 heteroatoms. The fraction of sp³-hybridized carbons (Fsp3) is 0.286. The molecule has 0 saturated heterocycles. The Morgan fingerprint density at radius 3 is 2.47 bits per heavy atom. The summed E-state index contributed by atoms with van der Waals surface area (Å²) >= 11 is 0. The summed E-state index contributed by atoms with van der Waals surface area (Å²) in [5, 5.41) is 0. The van der Waals surface area contributed by atoms with Crippen LogP contribution in [-0.2, 0) is 9.59 Å². The SMILES string of the molecule is CCCCC1=CC(=O)N(c2ccccc2)C1=O. The second-order valence-corrected chi connectivity index (χ2v) is 4.09. The predicted octanol–water partition coefficient (Wildman–Crippen LogP) is 2.68. The third kappa shape index (κ3) is 2.28. The minimum absolute atomic E-state index is 0.172. The van der Waals surface area contributed by atoms with Gasteiger partial charge in [-0.3, -0.25) is 9.59 Å². The van der Waals surface area contributed by atoms with Gasteiger partial charge in [0.05, 0.1) is 5.69 Å². The van der Waals surface area contributed by atoms with Crippen LogP contribution in [-0.4, -0.2) is 11.8 Å². The second-order valence-electron chi connectivity index (χ2n) is 4.09. The maximum absolute atomic E-state index is 12.1. The van der Waals surface area contributed by atoms with Crippen LogP contribution in [0, 0.1) is 0 Å². The van der Waals surface area contributed by atoms with Gasteiger partial charge in [0.2, 0.25) is 0 Å². The Morgan fingerprint density at radius 2 is 1.82 bits per heavy atom. The maximum Gasteiger partial charge on any atom is 0.261 e. The van der Waals surface area contributed by atoms with Crippen LogP contribution >= 0.6 is 0 Å². The molecule has 3 nitrogen and oxygen atoms in total. The first-order valence-electron chi connectivity index (χ1n) is 5.88. The van der Waals surface area contributed by atoms with Gasteiger partial charge in [0, 0.05) is 11.6 Å². The van der Waals surface area contributed by atoms with Gasteiger partial charge in [-0.2, -0.15) is 0 Å². The van der Waals surface area contributed by atoms with Crippen molar-refractivity contribution in [1.82, 2.24) is 0 Å². The molecule has 2 rings (SSSR count). The molecule has 1 aliphatic rings. The number of para-hydroxylation sites is 1. The number of anilines is 1. The Balaban J connectivity index is 2.19. The molecule has 0 aromatic heterocycles. The topological polar surface area (TPSA) is 37.4 Å². The van der Waals surface area contributed by atoms with Crippen molar-refractivity contribution in [2.24, 2.45) is 0 Å². The fourth-order valence-corrected chi connectivity index (χ4v) is 1.89. The van der Waals surface area contributed by atoms with Gasteiger partial charge in [-0.25, -0.2) is 4.90 Å². The molecule has 1 aromatic rings. The zero-order valence-electron chi connectivity index (χ0n) is 9.85. The van der Waals surface area contributed by atoms with Gasteiger partial charge in [0.25, 0.3) is 11.8 Å². The largest absolute Gasteiger partial charge is 0.269 e. The average molecular weight is 229 g/mol. The maximum atomic E-state index is 12.1. The molecule has 1 aliphatic heterocycles. The number of hydrogen-bond acceptors (Lipinski definition) is 2. The lowest BCUT2D eigenvalue weighted by Crippen LogP contribution is -2.30. The summed E-state index contributed by atoms with van der Waals surface area (Å²) in [6.45, 7) is 2.07. The smallest absolute Gasteiger partial charge is 0.261 e. The minimum Gasteiger partial charge on any atom is -0.269 e. The highest BCUT2D eigenvalue weighted by atomic mass is 16.2. The van der Waals surface area contributed by atoms with E-state index in [1.807, 2.05) is 18.2 Å². The van der Waals surface area contributed by atoms with Gasteiger partial charge < -0.3 is 0 Å². The Morgan fingerprint density at radius 1 is 1.12 bits per heavy atom. The molecule has 0 bridgehead atoms. The number of amides is 2. The summed E-state index contributed by atoms with van der Waals surface area (Å²) in [5.74, 6) is -0.401. The van der Waals surface area contributed by atoms with Crippen molar-refractivity contribution < 1.29 is 9.59 Å². The highest BCUT2D eigenvalue weighted by Gasteiger charge is 2.31. The van der Waals surface area contributed by atoms with Crippen LogP contribution in [0.2, 0.25) is 0 Å². The standard InChI is InChI=1S/C14H15NO2/c1-2-3-7-11-10-13(16)15(14(11)17)12-8-5-4-6-9-12/h4-6,8-10H,2-3,7H2,1H3. The zero-order valence-corrected chi connectivity index (χ0v) is 9.85. The third-order valence-corrected chi connectivity index (χ3v) is 2.81. The molecule has 88 valence electrons. The van der Waals surface area contributed by atoms with E-state index in [0.29, 0.717) is 17.7 Å². The van der Waals surface area contributed by atoms with Crippen molar-refractivity contribution in [3.8, 4) is 0 Å². The number of imide groups is 1. The van der Waals surface area contributed by atoms with Gasteiger partial charge in [0.15, 0.2) is 0 Å². The molecule has 0 saturated carbocycles. The zero-order chi connectivity index (χ0) is 12.3. The van der Waals surface area contributed by atoms with E-state index in [4.69, 9.17) is 0 Å². The highest BCUT2D eigenvalue weighted by Crippen LogP contribution is 2.24. The van der Waals surface area contributed by atoms with E-state index >= 15 is 0 Å². The Labute approximate surface area is 101 Å². The molecule has 0 aliphatic carbocycles. The number of rotatable bonds is 4. The van der Waals surface area contributed by atoms with E-state index < -0.39 is 0 Å². The van der Waals surface area contributed by atoms with Crippen LogP contribution in [0.5, 0.6) is 0 Å². The first kappa shape index (κ1) is 11.6. The Bertz CT molecular complexity index is 462. The number of benzene rings is 1. The van der Waals surface area contributed by atoms with Crippen LogP contribution in [0.25, 0.3) is 0 Å². The molecule has 0 fully saturated rings. The molecular weight excluding hydrogens is 214 g/mol. The quantitative estimate of drug-likeness (QED) is 0.744. The van der Waals surface area contributed by atoms with Gasteiger partial charge in [0.1, 0.15) is 0 Å². The monoisotopic (exact) mass is 229 g/mol. The van der Waals surface area contributed by atoms with Crippen LogP contribution in [0.1, 0.15) is 26.2 Å². The van der Waals surface area contributed by atoms with E-state index in [1.54, 1.807) is 12.1 Å². The Hall–Kier alpha value is -1.90. The van der Waals surface area contributed by atoms with Gasteiger partial charge in [-0.05, 0) is 25.0 Å². The number of unbranched alkanes of at least 4 members (excludes halogenated alkanes) is 1. The van der Waals surface area contributed by atoms with Crippen LogP contribution in [0.4, 0.5) is 5.69 Å². The lowest BCUT2D eigenvalue weighted by Gasteiger charge is -2.14. The second kappa shape index (κ2) is 4.95. The number of carbonyl (C=O) groups excluding carboxylic acids is 2. The Kier molecular flexibility index (Phi) is 3.38. The van der Waals surface area contributed by atoms with Gasteiger partial charge >= 0.3 is 0 Å². The summed E-state index contributed by atoms with van der Waals surface area (Å²) in [6, 6.07) is 9.04. The normalized spacial score (nSPS) is 15.4. The lowest BCUT2D eigenvalue weighted by molar-refractivity contribution is -0.120. The van der Waals surface area contributed by atoms with Crippen molar-refractivity contribution in [2.45, 2.75) is 26.2 Å². The summed E-state index contributed by atoms with van der Waals surface area (Å²) < 4.78 is 0. The molecule has 0 spiro atoms. The number of carbonyl (C=O) groups is 2. The fourth-order valence-electron chi connectivity index (χ4n) is 1.89. The highest BCUT2D eigenvalue weighted by molar-refractivity contribution is 6.30. The van der Waals surface area contributed by atoms with Crippen molar-refractivity contribution in [3.05, 3.63) is 42.0 Å². The van der Waals surface area contributed by atoms with Crippen LogP contribution < -0.4 is 4.90 Å². The lowest BCUT2D eigenvalue weighted by atomic mass is 10.1. The van der Waals surface area contributed by atoms with Crippen molar-refractivity contribution in [1.29, 1.82) is 0 Å². The number of nitrogens with zero attached hydrogens (tertiary/aromatic N) is 1. The first-order valence-corrected chi connectivity index (χ1v) is 5.88. The molecule has 0 N–H and O–H groups in total. The summed E-state index contributed by atoms with van der Waals surface area (Å²) in [7, 11) is 0. The molecule has 1 aromatic carbocycles. The molecule has 1 heterocycles. The summed E-state index contributed by atoms with van der Waals surface area (Å²) in [4.78, 5) is 25.1. The third-order valence-electron chi connectivity index (χ3n) is 2.81. The molecule has 17 heavy (non-hydrogen) atoms. The van der Waals surface area contributed by atoms with E-state index in [9.17, 15) is 9.59 Å². The van der Waals surface area contributed by atoms with Gasteiger partial charge in [-0.15, -0.1) is 0 Å². The molecule has 0 radical (unpaired) electrons.